The van der Waals surface area contributed by atoms with Crippen LogP contribution in [-0.4, -0.2) is 49.1 Å². The minimum absolute atomic E-state index is 0.0764. The first-order valence-electron chi connectivity index (χ1n) is 11.7. The van der Waals surface area contributed by atoms with Gasteiger partial charge in [0.15, 0.2) is 0 Å². The fourth-order valence-corrected chi connectivity index (χ4v) is 4.33. The summed E-state index contributed by atoms with van der Waals surface area (Å²) in [4.78, 5) is 28.0. The van der Waals surface area contributed by atoms with Crippen molar-refractivity contribution in [2.45, 2.75) is 45.3 Å². The van der Waals surface area contributed by atoms with Crippen LogP contribution in [0.4, 0.5) is 5.69 Å². The van der Waals surface area contributed by atoms with E-state index in [1.165, 1.54) is 18.4 Å². The van der Waals surface area contributed by atoms with Crippen LogP contribution >= 0.6 is 0 Å². The molecule has 2 saturated heterocycles. The van der Waals surface area contributed by atoms with Gasteiger partial charge in [0, 0.05) is 25.3 Å². The van der Waals surface area contributed by atoms with Crippen molar-refractivity contribution in [2.24, 2.45) is 5.92 Å². The van der Waals surface area contributed by atoms with Crippen LogP contribution in [0.2, 0.25) is 0 Å². The topological polar surface area (TPSA) is 70.7 Å². The lowest BCUT2D eigenvalue weighted by Gasteiger charge is -2.30. The second kappa shape index (κ2) is 10.7. The Morgan fingerprint density at radius 1 is 1.00 bits per heavy atom. The number of rotatable bonds is 7. The summed E-state index contributed by atoms with van der Waals surface area (Å²) < 4.78 is 5.57. The van der Waals surface area contributed by atoms with Crippen molar-refractivity contribution < 1.29 is 14.3 Å². The molecule has 0 radical (unpaired) electrons. The molecule has 6 heteroatoms. The molecule has 2 fully saturated rings. The highest BCUT2D eigenvalue weighted by Crippen LogP contribution is 2.20. The number of hydrogen-bond donors (Lipinski definition) is 2. The van der Waals surface area contributed by atoms with Gasteiger partial charge in [0.1, 0.15) is 0 Å². The van der Waals surface area contributed by atoms with E-state index in [2.05, 4.69) is 22.5 Å². The first-order chi connectivity index (χ1) is 15.6. The Labute approximate surface area is 190 Å². The molecule has 2 aromatic rings. The Hall–Kier alpha value is -2.70. The van der Waals surface area contributed by atoms with E-state index < -0.39 is 0 Å². The zero-order valence-corrected chi connectivity index (χ0v) is 18.8. The fraction of sp³-hybridized carbons (Fsp3) is 0.462. The molecule has 0 aromatic heterocycles. The van der Waals surface area contributed by atoms with Gasteiger partial charge in [-0.05, 0) is 74.5 Å². The van der Waals surface area contributed by atoms with E-state index >= 15 is 0 Å². The highest BCUT2D eigenvalue weighted by atomic mass is 16.5. The minimum atomic E-state index is -0.220. The summed E-state index contributed by atoms with van der Waals surface area (Å²) in [6.07, 6.45) is 4.57. The third kappa shape index (κ3) is 5.96. The van der Waals surface area contributed by atoms with Gasteiger partial charge >= 0.3 is 0 Å². The van der Waals surface area contributed by atoms with E-state index in [0.717, 1.165) is 45.0 Å². The SMILES string of the molecule is CC1CCN(Cc2ccc(C(=O)Nc3ccccc3C(=O)NCC3CCCO3)cc2)CC1. The molecule has 2 N–H and O–H groups in total. The number of likely N-dealkylation sites (tertiary alicyclic amines) is 1. The molecule has 32 heavy (non-hydrogen) atoms. The third-order valence-electron chi connectivity index (χ3n) is 6.43. The molecule has 4 rings (SSSR count). The quantitative estimate of drug-likeness (QED) is 0.688. The lowest BCUT2D eigenvalue weighted by molar-refractivity contribution is 0.0858. The standard InChI is InChI=1S/C26H33N3O3/c1-19-12-14-29(15-13-19)18-20-8-10-21(11-9-20)25(30)28-24-7-3-2-6-23(24)26(31)27-17-22-5-4-16-32-22/h2-3,6-11,19,22H,4-5,12-18H2,1H3,(H,27,31)(H,28,30). The van der Waals surface area contributed by atoms with Gasteiger partial charge in [0.25, 0.3) is 11.8 Å². The number of piperidine rings is 1. The first kappa shape index (κ1) is 22.5. The zero-order valence-electron chi connectivity index (χ0n) is 18.8. The highest BCUT2D eigenvalue weighted by molar-refractivity contribution is 6.09. The van der Waals surface area contributed by atoms with Crippen molar-refractivity contribution in [3.8, 4) is 0 Å². The monoisotopic (exact) mass is 435 g/mol. The van der Waals surface area contributed by atoms with Crippen LogP contribution in [0.1, 0.15) is 58.9 Å². The van der Waals surface area contributed by atoms with E-state index in [-0.39, 0.29) is 17.9 Å². The average molecular weight is 436 g/mol. The molecule has 1 atom stereocenters. The smallest absolute Gasteiger partial charge is 0.255 e. The first-order valence-corrected chi connectivity index (χ1v) is 11.7. The van der Waals surface area contributed by atoms with Gasteiger partial charge < -0.3 is 15.4 Å². The molecular formula is C26H33N3O3. The van der Waals surface area contributed by atoms with E-state index in [0.29, 0.717) is 23.4 Å². The Bertz CT molecular complexity index is 914. The molecule has 2 aliphatic rings. The Kier molecular flexibility index (Phi) is 7.55. The summed E-state index contributed by atoms with van der Waals surface area (Å²) in [7, 11) is 0. The van der Waals surface area contributed by atoms with Crippen molar-refractivity contribution in [1.82, 2.24) is 10.2 Å². The van der Waals surface area contributed by atoms with Crippen LogP contribution < -0.4 is 10.6 Å². The maximum atomic E-state index is 12.8. The highest BCUT2D eigenvalue weighted by Gasteiger charge is 2.19. The van der Waals surface area contributed by atoms with Crippen molar-refractivity contribution in [1.29, 1.82) is 0 Å². The maximum Gasteiger partial charge on any atom is 0.255 e. The molecule has 0 aliphatic carbocycles. The number of amides is 2. The summed E-state index contributed by atoms with van der Waals surface area (Å²) in [5.41, 5.74) is 2.75. The number of carbonyl (C=O) groups excluding carboxylic acids is 2. The largest absolute Gasteiger partial charge is 0.376 e. The third-order valence-corrected chi connectivity index (χ3v) is 6.43. The minimum Gasteiger partial charge on any atom is -0.376 e. The predicted molar refractivity (Wildman–Crippen MR) is 126 cm³/mol. The van der Waals surface area contributed by atoms with Crippen LogP contribution in [0.3, 0.4) is 0 Å². The van der Waals surface area contributed by atoms with Gasteiger partial charge in [-0.25, -0.2) is 0 Å². The number of carbonyl (C=O) groups is 2. The molecule has 170 valence electrons. The summed E-state index contributed by atoms with van der Waals surface area (Å²) in [6, 6.07) is 14.9. The van der Waals surface area contributed by atoms with Gasteiger partial charge in [-0.2, -0.15) is 0 Å². The van der Waals surface area contributed by atoms with Gasteiger partial charge in [0.05, 0.1) is 17.4 Å². The number of nitrogens with zero attached hydrogens (tertiary/aromatic N) is 1. The van der Waals surface area contributed by atoms with Crippen LogP contribution in [0, 0.1) is 5.92 Å². The van der Waals surface area contributed by atoms with Crippen molar-refractivity contribution in [2.75, 3.05) is 31.6 Å². The molecule has 0 saturated carbocycles. The second-order valence-electron chi connectivity index (χ2n) is 9.00. The summed E-state index contributed by atoms with van der Waals surface area (Å²) >= 11 is 0. The number of para-hydroxylation sites is 1. The molecule has 2 aliphatic heterocycles. The second-order valence-corrected chi connectivity index (χ2v) is 9.00. The van der Waals surface area contributed by atoms with E-state index in [1.54, 1.807) is 18.2 Å². The molecule has 6 nitrogen and oxygen atoms in total. The van der Waals surface area contributed by atoms with Crippen LogP contribution in [0.15, 0.2) is 48.5 Å². The number of anilines is 1. The molecule has 0 bridgehead atoms. The number of nitrogens with one attached hydrogen (secondary N) is 2. The Morgan fingerprint density at radius 3 is 2.47 bits per heavy atom. The van der Waals surface area contributed by atoms with Gasteiger partial charge in [-0.15, -0.1) is 0 Å². The van der Waals surface area contributed by atoms with E-state index in [9.17, 15) is 9.59 Å². The summed E-state index contributed by atoms with van der Waals surface area (Å²) in [6.45, 7) is 6.74. The van der Waals surface area contributed by atoms with Crippen LogP contribution in [0.5, 0.6) is 0 Å². The van der Waals surface area contributed by atoms with Crippen LogP contribution in [0.25, 0.3) is 0 Å². The molecule has 0 spiro atoms. The maximum absolute atomic E-state index is 12.8. The van der Waals surface area contributed by atoms with E-state index in [1.807, 2.05) is 30.3 Å². The Balaban J connectivity index is 1.34. The lowest BCUT2D eigenvalue weighted by Crippen LogP contribution is -2.32. The molecule has 2 amide bonds. The normalized spacial score (nSPS) is 19.6. The molecule has 2 aromatic carbocycles. The number of hydrogen-bond acceptors (Lipinski definition) is 4. The zero-order chi connectivity index (χ0) is 22.3. The molecule has 1 unspecified atom stereocenters. The molecule has 2 heterocycles. The Morgan fingerprint density at radius 2 is 1.75 bits per heavy atom. The fourth-order valence-electron chi connectivity index (χ4n) is 4.33. The molecular weight excluding hydrogens is 402 g/mol. The summed E-state index contributed by atoms with van der Waals surface area (Å²) in [5.74, 6) is 0.392. The van der Waals surface area contributed by atoms with E-state index in [4.69, 9.17) is 4.74 Å². The van der Waals surface area contributed by atoms with Gasteiger partial charge in [0.2, 0.25) is 0 Å². The number of ether oxygens (including phenoxy) is 1. The summed E-state index contributed by atoms with van der Waals surface area (Å²) in [5, 5.41) is 5.82. The average Bonchev–Trinajstić information content (AvgIpc) is 3.33. The van der Waals surface area contributed by atoms with Crippen LogP contribution in [-0.2, 0) is 11.3 Å². The van der Waals surface area contributed by atoms with Gasteiger partial charge in [-0.1, -0.05) is 31.2 Å². The van der Waals surface area contributed by atoms with Gasteiger partial charge in [-0.3, -0.25) is 14.5 Å². The van der Waals surface area contributed by atoms with Crippen molar-refractivity contribution in [3.05, 3.63) is 65.2 Å². The lowest BCUT2D eigenvalue weighted by atomic mass is 9.99. The predicted octanol–water partition coefficient (Wildman–Crippen LogP) is 4.08. The van der Waals surface area contributed by atoms with Crippen molar-refractivity contribution >= 4 is 17.5 Å². The van der Waals surface area contributed by atoms with Crippen molar-refractivity contribution in [3.63, 3.8) is 0 Å². The number of benzene rings is 2.